The van der Waals surface area contributed by atoms with Crippen molar-refractivity contribution in [2.75, 3.05) is 26.2 Å². The normalized spacial score (nSPS) is 16.8. The molecule has 2 aromatic rings. The summed E-state index contributed by atoms with van der Waals surface area (Å²) in [7, 11) is 0. The van der Waals surface area contributed by atoms with Gasteiger partial charge in [0.05, 0.1) is 0 Å². The maximum absolute atomic E-state index is 12.0. The predicted molar refractivity (Wildman–Crippen MR) is 85.0 cm³/mol. The second-order valence-electron chi connectivity index (χ2n) is 6.14. The fraction of sp³-hybridized carbons (Fsp3) is 0.471. The summed E-state index contributed by atoms with van der Waals surface area (Å²) in [5.41, 5.74) is 2.45. The molecule has 1 aliphatic heterocycles. The minimum atomic E-state index is 0.102. The number of aromatic nitrogens is 1. The Bertz CT molecular complexity index is 591. The van der Waals surface area contributed by atoms with Gasteiger partial charge in [-0.05, 0) is 17.5 Å². The summed E-state index contributed by atoms with van der Waals surface area (Å²) in [4.78, 5) is 19.9. The van der Waals surface area contributed by atoms with Crippen LogP contribution in [0, 0.1) is 5.92 Å². The van der Waals surface area contributed by atoms with Crippen LogP contribution in [0.15, 0.2) is 30.3 Å². The Labute approximate surface area is 125 Å². The molecule has 0 spiro atoms. The SMILES string of the molecule is CC(C)C(=O)N1CCN(Cc2cc3ccccc3[nH]2)CC1. The molecule has 1 fully saturated rings. The number of nitrogens with one attached hydrogen (secondary N) is 1. The van der Waals surface area contributed by atoms with Gasteiger partial charge in [-0.15, -0.1) is 0 Å². The van der Waals surface area contributed by atoms with Crippen molar-refractivity contribution in [1.29, 1.82) is 0 Å². The number of benzene rings is 1. The molecule has 0 unspecified atom stereocenters. The summed E-state index contributed by atoms with van der Waals surface area (Å²) in [6, 6.07) is 10.6. The summed E-state index contributed by atoms with van der Waals surface area (Å²) < 4.78 is 0. The number of para-hydroxylation sites is 1. The molecule has 4 heteroatoms. The molecule has 21 heavy (non-hydrogen) atoms. The molecular weight excluding hydrogens is 262 g/mol. The molecule has 0 atom stereocenters. The van der Waals surface area contributed by atoms with E-state index in [0.29, 0.717) is 0 Å². The first-order valence-electron chi connectivity index (χ1n) is 7.71. The average Bonchev–Trinajstić information content (AvgIpc) is 2.89. The first-order valence-corrected chi connectivity index (χ1v) is 7.71. The third-order valence-electron chi connectivity index (χ3n) is 4.16. The average molecular weight is 285 g/mol. The minimum Gasteiger partial charge on any atom is -0.357 e. The molecule has 112 valence electrons. The van der Waals surface area contributed by atoms with Crippen molar-refractivity contribution in [3.63, 3.8) is 0 Å². The fourth-order valence-corrected chi connectivity index (χ4v) is 2.95. The highest BCUT2D eigenvalue weighted by atomic mass is 16.2. The van der Waals surface area contributed by atoms with E-state index in [9.17, 15) is 4.79 Å². The molecule has 1 amide bonds. The van der Waals surface area contributed by atoms with Crippen molar-refractivity contribution in [1.82, 2.24) is 14.8 Å². The lowest BCUT2D eigenvalue weighted by Gasteiger charge is -2.35. The molecule has 0 aliphatic carbocycles. The maximum atomic E-state index is 12.0. The van der Waals surface area contributed by atoms with Crippen LogP contribution in [0.1, 0.15) is 19.5 Å². The van der Waals surface area contributed by atoms with E-state index in [1.807, 2.05) is 18.7 Å². The summed E-state index contributed by atoms with van der Waals surface area (Å²) in [6.45, 7) is 8.47. The molecule has 0 bridgehead atoms. The first-order chi connectivity index (χ1) is 10.1. The van der Waals surface area contributed by atoms with E-state index in [1.165, 1.54) is 16.6 Å². The fourth-order valence-electron chi connectivity index (χ4n) is 2.95. The molecule has 1 aromatic heterocycles. The van der Waals surface area contributed by atoms with Crippen LogP contribution in [0.5, 0.6) is 0 Å². The van der Waals surface area contributed by atoms with Gasteiger partial charge in [0, 0.05) is 49.9 Å². The van der Waals surface area contributed by atoms with E-state index in [-0.39, 0.29) is 11.8 Å². The second kappa shape index (κ2) is 5.90. The molecule has 1 aromatic carbocycles. The van der Waals surface area contributed by atoms with E-state index >= 15 is 0 Å². The van der Waals surface area contributed by atoms with Crippen LogP contribution < -0.4 is 0 Å². The number of hydrogen-bond donors (Lipinski definition) is 1. The van der Waals surface area contributed by atoms with Crippen molar-refractivity contribution in [2.24, 2.45) is 5.92 Å². The van der Waals surface area contributed by atoms with Gasteiger partial charge in [-0.25, -0.2) is 0 Å². The number of fused-ring (bicyclic) bond motifs is 1. The van der Waals surface area contributed by atoms with Gasteiger partial charge in [0.2, 0.25) is 5.91 Å². The molecular formula is C17H23N3O. The number of carbonyl (C=O) groups excluding carboxylic acids is 1. The van der Waals surface area contributed by atoms with Crippen LogP contribution in [0.4, 0.5) is 0 Å². The Morgan fingerprint density at radius 3 is 2.57 bits per heavy atom. The molecule has 1 N–H and O–H groups in total. The van der Waals surface area contributed by atoms with E-state index < -0.39 is 0 Å². The number of hydrogen-bond acceptors (Lipinski definition) is 2. The van der Waals surface area contributed by atoms with Gasteiger partial charge in [0.1, 0.15) is 0 Å². The van der Waals surface area contributed by atoms with Gasteiger partial charge < -0.3 is 9.88 Å². The molecule has 0 saturated carbocycles. The second-order valence-corrected chi connectivity index (χ2v) is 6.14. The highest BCUT2D eigenvalue weighted by Gasteiger charge is 2.22. The summed E-state index contributed by atoms with van der Waals surface area (Å²) in [5, 5.41) is 1.26. The van der Waals surface area contributed by atoms with Gasteiger partial charge in [0.25, 0.3) is 0 Å². The number of rotatable bonds is 3. The molecule has 2 heterocycles. The summed E-state index contributed by atoms with van der Waals surface area (Å²) in [5.74, 6) is 0.380. The largest absolute Gasteiger partial charge is 0.357 e. The molecule has 1 aliphatic rings. The Kier molecular flexibility index (Phi) is 3.97. The number of carbonyl (C=O) groups is 1. The lowest BCUT2D eigenvalue weighted by molar-refractivity contribution is -0.136. The van der Waals surface area contributed by atoms with Gasteiger partial charge >= 0.3 is 0 Å². The number of amides is 1. The highest BCUT2D eigenvalue weighted by molar-refractivity contribution is 5.80. The Balaban J connectivity index is 1.59. The molecule has 4 nitrogen and oxygen atoms in total. The number of piperazine rings is 1. The van der Waals surface area contributed by atoms with Crippen molar-refractivity contribution < 1.29 is 4.79 Å². The van der Waals surface area contributed by atoms with Crippen LogP contribution in [0.25, 0.3) is 10.9 Å². The number of aromatic amines is 1. The number of H-pyrrole nitrogens is 1. The van der Waals surface area contributed by atoms with Crippen LogP contribution >= 0.6 is 0 Å². The number of nitrogens with zero attached hydrogens (tertiary/aromatic N) is 2. The predicted octanol–water partition coefficient (Wildman–Crippen LogP) is 2.47. The van der Waals surface area contributed by atoms with E-state index in [0.717, 1.165) is 32.7 Å². The van der Waals surface area contributed by atoms with Gasteiger partial charge in [-0.3, -0.25) is 9.69 Å². The van der Waals surface area contributed by atoms with E-state index in [4.69, 9.17) is 0 Å². The topological polar surface area (TPSA) is 39.3 Å². The zero-order valence-corrected chi connectivity index (χ0v) is 12.8. The lowest BCUT2D eigenvalue weighted by Crippen LogP contribution is -2.49. The smallest absolute Gasteiger partial charge is 0.225 e. The summed E-state index contributed by atoms with van der Waals surface area (Å²) in [6.07, 6.45) is 0. The molecule has 0 radical (unpaired) electrons. The Morgan fingerprint density at radius 1 is 1.19 bits per heavy atom. The minimum absolute atomic E-state index is 0.102. The Morgan fingerprint density at radius 2 is 1.90 bits per heavy atom. The summed E-state index contributed by atoms with van der Waals surface area (Å²) >= 11 is 0. The van der Waals surface area contributed by atoms with Crippen LogP contribution in [-0.4, -0.2) is 46.9 Å². The first kappa shape index (κ1) is 14.1. The van der Waals surface area contributed by atoms with Crippen LogP contribution in [0.3, 0.4) is 0 Å². The van der Waals surface area contributed by atoms with Crippen LogP contribution in [0.2, 0.25) is 0 Å². The van der Waals surface area contributed by atoms with Crippen molar-refractivity contribution in [2.45, 2.75) is 20.4 Å². The van der Waals surface area contributed by atoms with E-state index in [2.05, 4.69) is 40.2 Å². The zero-order valence-electron chi connectivity index (χ0n) is 12.8. The van der Waals surface area contributed by atoms with Gasteiger partial charge in [-0.2, -0.15) is 0 Å². The van der Waals surface area contributed by atoms with Gasteiger partial charge in [-0.1, -0.05) is 32.0 Å². The zero-order chi connectivity index (χ0) is 14.8. The lowest BCUT2D eigenvalue weighted by atomic mass is 10.1. The van der Waals surface area contributed by atoms with E-state index in [1.54, 1.807) is 0 Å². The van der Waals surface area contributed by atoms with Crippen molar-refractivity contribution in [3.05, 3.63) is 36.0 Å². The Hall–Kier alpha value is -1.81. The monoisotopic (exact) mass is 285 g/mol. The third-order valence-corrected chi connectivity index (χ3v) is 4.16. The van der Waals surface area contributed by atoms with Crippen molar-refractivity contribution in [3.8, 4) is 0 Å². The third kappa shape index (κ3) is 3.10. The molecule has 3 rings (SSSR count). The molecule has 1 saturated heterocycles. The van der Waals surface area contributed by atoms with Gasteiger partial charge in [0.15, 0.2) is 0 Å². The van der Waals surface area contributed by atoms with Crippen LogP contribution in [-0.2, 0) is 11.3 Å². The highest BCUT2D eigenvalue weighted by Crippen LogP contribution is 2.17. The van der Waals surface area contributed by atoms with Crippen molar-refractivity contribution >= 4 is 16.8 Å². The quantitative estimate of drug-likeness (QED) is 0.941. The maximum Gasteiger partial charge on any atom is 0.225 e. The standard InChI is InChI=1S/C17H23N3O/c1-13(2)17(21)20-9-7-19(8-10-20)12-15-11-14-5-3-4-6-16(14)18-15/h3-6,11,13,18H,7-10,12H2,1-2H3.